The number of hydrogen-bond donors (Lipinski definition) is 4. The first kappa shape index (κ1) is 28.7. The van der Waals surface area contributed by atoms with Gasteiger partial charge in [0, 0.05) is 37.6 Å². The van der Waals surface area contributed by atoms with Crippen molar-refractivity contribution < 1.29 is 23.5 Å². The van der Waals surface area contributed by atoms with Gasteiger partial charge in [-0.1, -0.05) is 32.6 Å². The number of hydrogen-bond acceptors (Lipinski definition) is 8. The number of fused-ring (bicyclic) bond motifs is 1. The SMILES string of the molecule is CCCCCCCOCCCOP(=O)(CC[C@@H](CO)NCc1c[nH]c2c(=O)[nH]cnc12)OCC. The lowest BCUT2D eigenvalue weighted by Crippen LogP contribution is -2.33. The van der Waals surface area contributed by atoms with Crippen molar-refractivity contribution in [1.29, 1.82) is 0 Å². The van der Waals surface area contributed by atoms with E-state index in [1.54, 1.807) is 13.1 Å². The number of aromatic nitrogens is 3. The molecular formula is C23H41N4O6P. The van der Waals surface area contributed by atoms with E-state index in [4.69, 9.17) is 13.8 Å². The fourth-order valence-electron chi connectivity index (χ4n) is 3.60. The quantitative estimate of drug-likeness (QED) is 0.159. The van der Waals surface area contributed by atoms with Crippen molar-refractivity contribution >= 4 is 18.6 Å². The zero-order valence-electron chi connectivity index (χ0n) is 20.5. The van der Waals surface area contributed by atoms with E-state index in [9.17, 15) is 14.5 Å². The maximum absolute atomic E-state index is 13.1. The Kier molecular flexibility index (Phi) is 13.7. The normalized spacial score (nSPS) is 14.4. The lowest BCUT2D eigenvalue weighted by molar-refractivity contribution is 0.111. The Hall–Kier alpha value is -1.55. The van der Waals surface area contributed by atoms with E-state index in [1.165, 1.54) is 32.0 Å². The van der Waals surface area contributed by atoms with E-state index >= 15 is 0 Å². The molecule has 11 heteroatoms. The summed E-state index contributed by atoms with van der Waals surface area (Å²) in [5, 5.41) is 13.0. The second kappa shape index (κ2) is 16.2. The third-order valence-electron chi connectivity index (χ3n) is 5.54. The molecular weight excluding hydrogens is 459 g/mol. The summed E-state index contributed by atoms with van der Waals surface area (Å²) in [5.41, 5.74) is 1.57. The molecule has 34 heavy (non-hydrogen) atoms. The molecule has 10 nitrogen and oxygen atoms in total. The number of nitrogens with one attached hydrogen (secondary N) is 3. The van der Waals surface area contributed by atoms with Gasteiger partial charge in [-0.3, -0.25) is 9.36 Å². The highest BCUT2D eigenvalue weighted by molar-refractivity contribution is 7.53. The van der Waals surface area contributed by atoms with Crippen molar-refractivity contribution in [2.24, 2.45) is 0 Å². The molecule has 0 saturated heterocycles. The molecule has 0 aliphatic rings. The minimum atomic E-state index is -3.26. The van der Waals surface area contributed by atoms with Gasteiger partial charge in [0.15, 0.2) is 0 Å². The van der Waals surface area contributed by atoms with Crippen LogP contribution >= 0.6 is 7.60 Å². The first-order valence-corrected chi connectivity index (χ1v) is 14.1. The smallest absolute Gasteiger partial charge is 0.330 e. The fourth-order valence-corrected chi connectivity index (χ4v) is 5.36. The maximum Gasteiger partial charge on any atom is 0.330 e. The topological polar surface area (TPSA) is 139 Å². The van der Waals surface area contributed by atoms with Crippen molar-refractivity contribution in [3.8, 4) is 0 Å². The predicted molar refractivity (Wildman–Crippen MR) is 133 cm³/mol. The molecule has 0 aliphatic carbocycles. The average Bonchev–Trinajstić information content (AvgIpc) is 3.25. The molecule has 2 heterocycles. The molecule has 1 unspecified atom stereocenters. The van der Waals surface area contributed by atoms with E-state index < -0.39 is 7.60 Å². The van der Waals surface area contributed by atoms with Crippen LogP contribution in [0.15, 0.2) is 17.3 Å². The van der Waals surface area contributed by atoms with Crippen LogP contribution in [0, 0.1) is 0 Å². The molecule has 4 N–H and O–H groups in total. The lowest BCUT2D eigenvalue weighted by Gasteiger charge is -2.21. The molecule has 0 fully saturated rings. The summed E-state index contributed by atoms with van der Waals surface area (Å²) in [6.45, 7) is 6.17. The molecule has 2 atom stereocenters. The average molecular weight is 501 g/mol. The summed E-state index contributed by atoms with van der Waals surface area (Å²) >= 11 is 0. The molecule has 194 valence electrons. The molecule has 2 aromatic heterocycles. The second-order valence-corrected chi connectivity index (χ2v) is 10.5. The van der Waals surface area contributed by atoms with Crippen molar-refractivity contribution in [2.75, 3.05) is 39.2 Å². The molecule has 0 spiro atoms. The minimum Gasteiger partial charge on any atom is -0.395 e. The third-order valence-corrected chi connectivity index (χ3v) is 7.57. The molecule has 0 radical (unpaired) electrons. The van der Waals surface area contributed by atoms with Crippen LogP contribution in [0.2, 0.25) is 0 Å². The maximum atomic E-state index is 13.1. The van der Waals surface area contributed by atoms with Gasteiger partial charge in [-0.25, -0.2) is 4.98 Å². The Bertz CT molecular complexity index is 918. The zero-order valence-corrected chi connectivity index (χ0v) is 21.4. The summed E-state index contributed by atoms with van der Waals surface area (Å²) in [5.74, 6) is 0. The molecule has 0 aromatic carbocycles. The minimum absolute atomic E-state index is 0.130. The van der Waals surface area contributed by atoms with Gasteiger partial charge < -0.3 is 34.2 Å². The van der Waals surface area contributed by atoms with Gasteiger partial charge in [0.1, 0.15) is 5.52 Å². The highest BCUT2D eigenvalue weighted by Crippen LogP contribution is 2.48. The standard InChI is InChI=1S/C23H41N4O6P/c1-3-5-6-7-8-11-31-12-9-13-33-34(30,32-4-2)14-10-20(17-28)24-15-19-16-25-22-21(19)26-18-27-23(22)29/h16,18,20,24-25,28H,3-15,17H2,1-2H3,(H,26,27,29)/t20-,34?/m0/s1. The van der Waals surface area contributed by atoms with Crippen LogP contribution < -0.4 is 10.9 Å². The van der Waals surface area contributed by atoms with E-state index in [-0.39, 0.29) is 31.0 Å². The van der Waals surface area contributed by atoms with Gasteiger partial charge in [-0.15, -0.1) is 0 Å². The van der Waals surface area contributed by atoms with E-state index in [0.29, 0.717) is 43.6 Å². The number of rotatable bonds is 20. The van der Waals surface area contributed by atoms with Crippen LogP contribution in [0.5, 0.6) is 0 Å². The Labute approximate surface area is 201 Å². The number of aromatic amines is 2. The van der Waals surface area contributed by atoms with E-state index in [2.05, 4.69) is 27.2 Å². The largest absolute Gasteiger partial charge is 0.395 e. The summed E-state index contributed by atoms with van der Waals surface area (Å²) in [6.07, 6.45) is 10.4. The first-order chi connectivity index (χ1) is 16.5. The molecule has 0 saturated carbocycles. The predicted octanol–water partition coefficient (Wildman–Crippen LogP) is 3.72. The number of nitrogens with zero attached hydrogens (tertiary/aromatic N) is 1. The Balaban J connectivity index is 1.71. The van der Waals surface area contributed by atoms with E-state index in [1.807, 2.05) is 0 Å². The molecule has 0 bridgehead atoms. The second-order valence-electron chi connectivity index (χ2n) is 8.28. The van der Waals surface area contributed by atoms with Crippen LogP contribution in [0.4, 0.5) is 0 Å². The number of aliphatic hydroxyl groups excluding tert-OH is 1. The Morgan fingerprint density at radius 1 is 1.09 bits per heavy atom. The molecule has 0 amide bonds. The van der Waals surface area contributed by atoms with Crippen LogP contribution in [-0.2, 0) is 24.9 Å². The van der Waals surface area contributed by atoms with Gasteiger partial charge in [-0.05, 0) is 26.2 Å². The van der Waals surface area contributed by atoms with Gasteiger partial charge in [-0.2, -0.15) is 0 Å². The van der Waals surface area contributed by atoms with Crippen LogP contribution in [0.1, 0.15) is 64.4 Å². The lowest BCUT2D eigenvalue weighted by atomic mass is 10.2. The highest BCUT2D eigenvalue weighted by atomic mass is 31.2. The summed E-state index contributed by atoms with van der Waals surface area (Å²) < 4.78 is 29.8. The Morgan fingerprint density at radius 2 is 1.88 bits per heavy atom. The fraction of sp³-hybridized carbons (Fsp3) is 0.739. The highest BCUT2D eigenvalue weighted by Gasteiger charge is 2.25. The van der Waals surface area contributed by atoms with Crippen LogP contribution in [0.3, 0.4) is 0 Å². The third kappa shape index (κ3) is 9.98. The first-order valence-electron chi connectivity index (χ1n) is 12.4. The van der Waals surface area contributed by atoms with Gasteiger partial charge in [0.25, 0.3) is 5.56 Å². The number of H-pyrrole nitrogens is 2. The molecule has 2 rings (SSSR count). The van der Waals surface area contributed by atoms with Crippen molar-refractivity contribution in [1.82, 2.24) is 20.3 Å². The van der Waals surface area contributed by atoms with Crippen molar-refractivity contribution in [2.45, 2.75) is 71.4 Å². The van der Waals surface area contributed by atoms with Crippen molar-refractivity contribution in [3.63, 3.8) is 0 Å². The summed E-state index contributed by atoms with van der Waals surface area (Å²) in [4.78, 5) is 21.5. The molecule has 0 aliphatic heterocycles. The van der Waals surface area contributed by atoms with Gasteiger partial charge in [0.2, 0.25) is 0 Å². The van der Waals surface area contributed by atoms with E-state index in [0.717, 1.165) is 18.6 Å². The number of aliphatic hydroxyl groups is 1. The number of ether oxygens (including phenoxy) is 1. The number of unbranched alkanes of at least 4 members (excludes halogenated alkanes) is 4. The summed E-state index contributed by atoms with van der Waals surface area (Å²) in [7, 11) is -3.26. The summed E-state index contributed by atoms with van der Waals surface area (Å²) in [6, 6.07) is -0.305. The molecule has 2 aromatic rings. The van der Waals surface area contributed by atoms with Gasteiger partial charge >= 0.3 is 7.60 Å². The van der Waals surface area contributed by atoms with Crippen molar-refractivity contribution in [3.05, 3.63) is 28.4 Å². The zero-order chi connectivity index (χ0) is 24.7. The monoisotopic (exact) mass is 500 g/mol. The van der Waals surface area contributed by atoms with Crippen LogP contribution in [0.25, 0.3) is 11.0 Å². The van der Waals surface area contributed by atoms with Crippen LogP contribution in [-0.4, -0.2) is 65.3 Å². The van der Waals surface area contributed by atoms with Gasteiger partial charge in [0.05, 0.1) is 37.8 Å². The Morgan fingerprint density at radius 3 is 2.65 bits per heavy atom.